The number of hydrogen-bond acceptors (Lipinski definition) is 6. The molecule has 0 aliphatic heterocycles. The molecular weight excluding hydrogens is 461 g/mol. The molecule has 9 nitrogen and oxygen atoms in total. The van der Waals surface area contributed by atoms with Crippen LogP contribution in [0.15, 0.2) is 27.8 Å². The van der Waals surface area contributed by atoms with Crippen molar-refractivity contribution in [1.82, 2.24) is 9.13 Å². The van der Waals surface area contributed by atoms with E-state index in [1.807, 2.05) is 0 Å². The molecule has 1 aliphatic rings. The van der Waals surface area contributed by atoms with Gasteiger partial charge in [-0.1, -0.05) is 11.6 Å². The summed E-state index contributed by atoms with van der Waals surface area (Å²) < 4.78 is 53.0. The van der Waals surface area contributed by atoms with E-state index in [9.17, 15) is 32.3 Å². The van der Waals surface area contributed by atoms with Gasteiger partial charge in [-0.05, 0) is 6.07 Å². The van der Waals surface area contributed by atoms with Gasteiger partial charge in [-0.2, -0.15) is 0 Å². The third-order valence-corrected chi connectivity index (χ3v) is 5.02. The predicted molar refractivity (Wildman–Crippen MR) is 103 cm³/mol. The highest BCUT2D eigenvalue weighted by Crippen LogP contribution is 2.44. The van der Waals surface area contributed by atoms with Gasteiger partial charge in [-0.25, -0.2) is 32.1 Å². The second kappa shape index (κ2) is 8.01. The maximum absolute atomic E-state index is 14.6. The molecule has 1 aliphatic carbocycles. The van der Waals surface area contributed by atoms with Crippen LogP contribution in [0.1, 0.15) is 25.5 Å². The number of aliphatic carboxylic acids is 1. The van der Waals surface area contributed by atoms with Crippen LogP contribution < -0.4 is 16.0 Å². The quantitative estimate of drug-likeness (QED) is 0.607. The van der Waals surface area contributed by atoms with Crippen LogP contribution in [-0.4, -0.2) is 38.4 Å². The number of halogens is 4. The number of rotatable bonds is 7. The molecule has 0 unspecified atom stereocenters. The number of esters is 1. The highest BCUT2D eigenvalue weighted by Gasteiger charge is 2.55. The first-order valence-electron chi connectivity index (χ1n) is 9.06. The Hall–Kier alpha value is -3.28. The average molecular weight is 477 g/mol. The second-order valence-electron chi connectivity index (χ2n) is 7.23. The van der Waals surface area contributed by atoms with Gasteiger partial charge in [0.2, 0.25) is 5.60 Å². The number of ether oxygens (including phenoxy) is 2. The van der Waals surface area contributed by atoms with E-state index in [2.05, 4.69) is 4.74 Å². The molecule has 1 heterocycles. The van der Waals surface area contributed by atoms with Gasteiger partial charge in [0, 0.05) is 38.9 Å². The Balaban J connectivity index is 2.05. The molecule has 0 bridgehead atoms. The zero-order valence-electron chi connectivity index (χ0n) is 16.7. The largest absolute Gasteiger partial charge is 0.479 e. The smallest absolute Gasteiger partial charge is 0.351 e. The number of carbonyl (C=O) groups excluding carboxylic acids is 1. The molecule has 32 heavy (non-hydrogen) atoms. The van der Waals surface area contributed by atoms with Crippen molar-refractivity contribution in [2.45, 2.75) is 31.3 Å². The monoisotopic (exact) mass is 476 g/mol. The van der Waals surface area contributed by atoms with Gasteiger partial charge in [0.05, 0.1) is 16.4 Å². The van der Waals surface area contributed by atoms with E-state index in [0.29, 0.717) is 22.1 Å². The van der Waals surface area contributed by atoms with E-state index < -0.39 is 58.5 Å². The molecule has 1 N–H and O–H groups in total. The van der Waals surface area contributed by atoms with Crippen molar-refractivity contribution in [3.05, 3.63) is 55.6 Å². The average Bonchev–Trinajstić information content (AvgIpc) is 3.46. The Bertz CT molecular complexity index is 1230. The summed E-state index contributed by atoms with van der Waals surface area (Å²) in [5.41, 5.74) is -5.54. The first kappa shape index (κ1) is 23.4. The summed E-state index contributed by atoms with van der Waals surface area (Å²) in [4.78, 5) is 47.7. The standard InChI is InChI=1S/C19H16ClF3N2O7/c1-18(22,23)13-7-14(26)25(17(30)24(13)2)11-6-12(9(20)5-10(11)21)32-19(3-4-19)16(29)31-8-15(27)28/h5-7H,3-4,8H2,1-2H3,(H,27,28). The van der Waals surface area contributed by atoms with Gasteiger partial charge in [0.1, 0.15) is 11.6 Å². The molecule has 172 valence electrons. The van der Waals surface area contributed by atoms with Crippen LogP contribution in [0.2, 0.25) is 5.02 Å². The molecule has 1 aromatic heterocycles. The summed E-state index contributed by atoms with van der Waals surface area (Å²) in [6.45, 7) is -0.398. The topological polar surface area (TPSA) is 117 Å². The van der Waals surface area contributed by atoms with Gasteiger partial charge >= 0.3 is 17.6 Å². The van der Waals surface area contributed by atoms with E-state index in [4.69, 9.17) is 21.4 Å². The van der Waals surface area contributed by atoms with Crippen molar-refractivity contribution in [3.8, 4) is 11.4 Å². The fraction of sp³-hybridized carbons (Fsp3) is 0.368. The molecule has 1 aromatic carbocycles. The lowest BCUT2D eigenvalue weighted by Gasteiger charge is -2.19. The van der Waals surface area contributed by atoms with Crippen LogP contribution >= 0.6 is 11.6 Å². The Morgan fingerprint density at radius 2 is 1.88 bits per heavy atom. The number of carboxylic acids is 1. The molecule has 1 saturated carbocycles. The number of benzene rings is 1. The highest BCUT2D eigenvalue weighted by molar-refractivity contribution is 6.32. The van der Waals surface area contributed by atoms with Crippen molar-refractivity contribution >= 4 is 23.5 Å². The van der Waals surface area contributed by atoms with Crippen LogP contribution in [0, 0.1) is 5.82 Å². The Morgan fingerprint density at radius 1 is 1.25 bits per heavy atom. The molecule has 2 aromatic rings. The summed E-state index contributed by atoms with van der Waals surface area (Å²) in [5.74, 6) is -7.30. The van der Waals surface area contributed by atoms with Gasteiger partial charge in [0.25, 0.3) is 11.5 Å². The number of nitrogens with zero attached hydrogens (tertiary/aromatic N) is 2. The second-order valence-corrected chi connectivity index (χ2v) is 7.64. The molecule has 1 fully saturated rings. The lowest BCUT2D eigenvalue weighted by atomic mass is 10.2. The summed E-state index contributed by atoms with van der Waals surface area (Å²) in [7, 11) is 0.994. The van der Waals surface area contributed by atoms with Crippen LogP contribution in [0.3, 0.4) is 0 Å². The summed E-state index contributed by atoms with van der Waals surface area (Å²) in [6.07, 6.45) is 0.299. The lowest BCUT2D eigenvalue weighted by Crippen LogP contribution is -2.41. The molecule has 0 atom stereocenters. The minimum Gasteiger partial charge on any atom is -0.479 e. The zero-order valence-corrected chi connectivity index (χ0v) is 17.4. The minimum atomic E-state index is -3.51. The summed E-state index contributed by atoms with van der Waals surface area (Å²) in [5, 5.41) is 8.31. The summed E-state index contributed by atoms with van der Waals surface area (Å²) in [6, 6.07) is 2.09. The van der Waals surface area contributed by atoms with Gasteiger partial charge in [-0.15, -0.1) is 0 Å². The minimum absolute atomic E-state index is 0.149. The third-order valence-electron chi connectivity index (χ3n) is 4.72. The SMILES string of the molecule is Cn1c(C(C)(F)F)cc(=O)n(-c2cc(OC3(C(=O)OCC(=O)O)CC3)c(Cl)cc2F)c1=O. The van der Waals surface area contributed by atoms with Crippen LogP contribution in [0.4, 0.5) is 13.2 Å². The zero-order chi connectivity index (χ0) is 24.0. The van der Waals surface area contributed by atoms with Crippen LogP contribution in [-0.2, 0) is 27.3 Å². The predicted octanol–water partition coefficient (Wildman–Crippen LogP) is 1.98. The summed E-state index contributed by atoms with van der Waals surface area (Å²) >= 11 is 5.97. The number of carbonyl (C=O) groups is 2. The molecule has 3 rings (SSSR count). The fourth-order valence-corrected chi connectivity index (χ4v) is 3.16. The maximum Gasteiger partial charge on any atom is 0.351 e. The van der Waals surface area contributed by atoms with E-state index in [-0.39, 0.29) is 23.6 Å². The van der Waals surface area contributed by atoms with Crippen molar-refractivity contribution in [1.29, 1.82) is 0 Å². The van der Waals surface area contributed by atoms with Crippen molar-refractivity contribution in [3.63, 3.8) is 0 Å². The molecule has 0 amide bonds. The molecule has 13 heteroatoms. The van der Waals surface area contributed by atoms with Crippen LogP contribution in [0.5, 0.6) is 5.75 Å². The molecule has 0 saturated heterocycles. The van der Waals surface area contributed by atoms with E-state index in [1.165, 1.54) is 0 Å². The maximum atomic E-state index is 14.6. The first-order valence-corrected chi connectivity index (χ1v) is 9.43. The van der Waals surface area contributed by atoms with Crippen molar-refractivity contribution in [2.75, 3.05) is 6.61 Å². The van der Waals surface area contributed by atoms with Gasteiger partial charge in [0.15, 0.2) is 6.61 Å². The van der Waals surface area contributed by atoms with Gasteiger partial charge < -0.3 is 14.6 Å². The van der Waals surface area contributed by atoms with E-state index in [0.717, 1.165) is 19.2 Å². The third kappa shape index (κ3) is 4.35. The number of hydrogen-bond donors (Lipinski definition) is 1. The number of carboxylic acid groups (broad SMARTS) is 1. The van der Waals surface area contributed by atoms with Gasteiger partial charge in [-0.3, -0.25) is 9.36 Å². The van der Waals surface area contributed by atoms with Crippen LogP contribution in [0.25, 0.3) is 5.69 Å². The fourth-order valence-electron chi connectivity index (χ4n) is 2.97. The molecule has 0 spiro atoms. The lowest BCUT2D eigenvalue weighted by molar-refractivity contribution is -0.162. The molecular formula is C19H16ClF3N2O7. The van der Waals surface area contributed by atoms with E-state index in [1.54, 1.807) is 0 Å². The number of alkyl halides is 2. The van der Waals surface area contributed by atoms with Crippen molar-refractivity contribution in [2.24, 2.45) is 7.05 Å². The highest BCUT2D eigenvalue weighted by atomic mass is 35.5. The Labute approximate surface area is 182 Å². The van der Waals surface area contributed by atoms with Crippen molar-refractivity contribution < 1.29 is 37.3 Å². The first-order chi connectivity index (χ1) is 14.8. The Kier molecular flexibility index (Phi) is 5.85. The number of aromatic nitrogens is 2. The van der Waals surface area contributed by atoms with E-state index >= 15 is 0 Å². The Morgan fingerprint density at radius 3 is 2.41 bits per heavy atom. The normalized spacial score (nSPS) is 14.7. The molecule has 0 radical (unpaired) electrons.